The number of hydrogen-bond donors (Lipinski definition) is 1. The third kappa shape index (κ3) is 2.84. The first-order chi connectivity index (χ1) is 8.92. The van der Waals surface area contributed by atoms with Crippen molar-refractivity contribution in [3.63, 3.8) is 0 Å². The second-order valence-corrected chi connectivity index (χ2v) is 5.41. The zero-order valence-electron chi connectivity index (χ0n) is 11.6. The van der Waals surface area contributed by atoms with Crippen molar-refractivity contribution in [2.45, 2.75) is 19.4 Å². The summed E-state index contributed by atoms with van der Waals surface area (Å²) in [4.78, 5) is 23.6. The molecule has 0 unspecified atom stereocenters. The first-order valence-corrected chi connectivity index (χ1v) is 6.41. The van der Waals surface area contributed by atoms with Gasteiger partial charge in [-0.1, -0.05) is 13.8 Å². The molecule has 19 heavy (non-hydrogen) atoms. The molecule has 1 amide bonds. The summed E-state index contributed by atoms with van der Waals surface area (Å²) in [6.07, 6.45) is 3.29. The number of aliphatic hydroxyl groups is 1. The highest BCUT2D eigenvalue weighted by Gasteiger charge is 2.45. The van der Waals surface area contributed by atoms with Gasteiger partial charge in [-0.2, -0.15) is 0 Å². The molecule has 1 aliphatic rings. The van der Waals surface area contributed by atoms with Crippen molar-refractivity contribution in [3.8, 4) is 0 Å². The van der Waals surface area contributed by atoms with Crippen molar-refractivity contribution in [1.29, 1.82) is 0 Å². The van der Waals surface area contributed by atoms with E-state index < -0.39 is 5.60 Å². The minimum absolute atomic E-state index is 0.0136. The predicted octanol–water partition coefficient (Wildman–Crippen LogP) is 0.142. The molecule has 1 N–H and O–H groups in total. The van der Waals surface area contributed by atoms with Gasteiger partial charge in [-0.3, -0.25) is 4.79 Å². The molecule has 1 aromatic rings. The Morgan fingerprint density at radius 3 is 2.58 bits per heavy atom. The molecule has 2 heterocycles. The summed E-state index contributed by atoms with van der Waals surface area (Å²) in [5.41, 5.74) is -0.725. The highest BCUT2D eigenvalue weighted by molar-refractivity contribution is 5.81. The fourth-order valence-electron chi connectivity index (χ4n) is 2.02. The summed E-state index contributed by atoms with van der Waals surface area (Å²) in [6.45, 7) is 4.97. The van der Waals surface area contributed by atoms with Crippen LogP contribution in [-0.2, 0) is 4.79 Å². The van der Waals surface area contributed by atoms with E-state index in [4.69, 9.17) is 0 Å². The zero-order chi connectivity index (χ0) is 14.0. The monoisotopic (exact) mass is 264 g/mol. The van der Waals surface area contributed by atoms with Crippen molar-refractivity contribution in [2.75, 3.05) is 31.6 Å². The van der Waals surface area contributed by atoms with E-state index in [2.05, 4.69) is 9.97 Å². The lowest BCUT2D eigenvalue weighted by atomic mass is 9.83. The minimum Gasteiger partial charge on any atom is -0.386 e. The van der Waals surface area contributed by atoms with Crippen LogP contribution in [-0.4, -0.2) is 58.2 Å². The van der Waals surface area contributed by atoms with E-state index in [9.17, 15) is 9.90 Å². The Balaban J connectivity index is 1.87. The zero-order valence-corrected chi connectivity index (χ0v) is 11.6. The molecule has 1 saturated heterocycles. The number of nitrogens with zero attached hydrogens (tertiary/aromatic N) is 4. The van der Waals surface area contributed by atoms with Gasteiger partial charge in [0.15, 0.2) is 0 Å². The molecule has 6 heteroatoms. The van der Waals surface area contributed by atoms with Crippen molar-refractivity contribution in [2.24, 2.45) is 5.92 Å². The van der Waals surface area contributed by atoms with Crippen LogP contribution in [0.5, 0.6) is 0 Å². The molecule has 104 valence electrons. The Bertz CT molecular complexity index is 443. The topological polar surface area (TPSA) is 69.6 Å². The third-order valence-electron chi connectivity index (χ3n) is 3.62. The van der Waals surface area contributed by atoms with E-state index in [1.54, 1.807) is 35.3 Å². The maximum atomic E-state index is 12.0. The number of anilines is 1. The third-order valence-corrected chi connectivity index (χ3v) is 3.62. The number of likely N-dealkylation sites (N-methyl/N-ethyl adjacent to an activating group) is 1. The normalized spacial score (nSPS) is 17.2. The Hall–Kier alpha value is -1.69. The van der Waals surface area contributed by atoms with Gasteiger partial charge in [-0.25, -0.2) is 9.97 Å². The summed E-state index contributed by atoms with van der Waals surface area (Å²) in [5.74, 6) is 0.669. The van der Waals surface area contributed by atoms with Crippen LogP contribution in [0, 0.1) is 5.92 Å². The molecule has 0 atom stereocenters. The summed E-state index contributed by atoms with van der Waals surface area (Å²) >= 11 is 0. The molecule has 0 saturated carbocycles. The molecule has 0 spiro atoms. The van der Waals surface area contributed by atoms with Gasteiger partial charge in [-0.05, 0) is 12.0 Å². The Morgan fingerprint density at radius 2 is 2.05 bits per heavy atom. The Labute approximate surface area is 113 Å². The quantitative estimate of drug-likeness (QED) is 0.838. The fraction of sp³-hybridized carbons (Fsp3) is 0.615. The lowest BCUT2D eigenvalue weighted by Gasteiger charge is -2.49. The maximum Gasteiger partial charge on any atom is 0.242 e. The number of amides is 1. The van der Waals surface area contributed by atoms with E-state index in [1.807, 2.05) is 13.8 Å². The summed E-state index contributed by atoms with van der Waals surface area (Å²) in [7, 11) is 1.78. The number of carbonyl (C=O) groups is 1. The predicted molar refractivity (Wildman–Crippen MR) is 71.7 cm³/mol. The van der Waals surface area contributed by atoms with Crippen molar-refractivity contribution in [1.82, 2.24) is 14.9 Å². The SMILES string of the molecule is CC(C)C1(O)CN(C(=O)CN(C)c2ncccn2)C1. The van der Waals surface area contributed by atoms with Gasteiger partial charge < -0.3 is 14.9 Å². The molecule has 0 aromatic carbocycles. The van der Waals surface area contributed by atoms with Gasteiger partial charge in [0.1, 0.15) is 5.60 Å². The molecule has 0 aliphatic carbocycles. The standard InChI is InChI=1S/C13H20N4O2/c1-10(2)13(19)8-17(9-13)11(18)7-16(3)12-14-5-4-6-15-12/h4-6,10,19H,7-9H2,1-3H3. The van der Waals surface area contributed by atoms with E-state index in [0.717, 1.165) is 0 Å². The largest absolute Gasteiger partial charge is 0.386 e. The number of rotatable bonds is 4. The number of carbonyl (C=O) groups excluding carboxylic acids is 1. The number of aromatic nitrogens is 2. The Morgan fingerprint density at radius 1 is 1.47 bits per heavy atom. The Kier molecular flexibility index (Phi) is 3.71. The highest BCUT2D eigenvalue weighted by atomic mass is 16.3. The van der Waals surface area contributed by atoms with Crippen molar-refractivity contribution in [3.05, 3.63) is 18.5 Å². The van der Waals surface area contributed by atoms with Crippen molar-refractivity contribution >= 4 is 11.9 Å². The van der Waals surface area contributed by atoms with Crippen LogP contribution in [0.15, 0.2) is 18.5 Å². The van der Waals surface area contributed by atoms with E-state index in [1.165, 1.54) is 0 Å². The van der Waals surface area contributed by atoms with Crippen LogP contribution < -0.4 is 4.90 Å². The summed E-state index contributed by atoms with van der Waals surface area (Å²) in [6, 6.07) is 1.73. The molecule has 1 aliphatic heterocycles. The van der Waals surface area contributed by atoms with Gasteiger partial charge in [0.05, 0.1) is 19.6 Å². The first-order valence-electron chi connectivity index (χ1n) is 6.41. The fourth-order valence-corrected chi connectivity index (χ4v) is 2.02. The van der Waals surface area contributed by atoms with Crippen LogP contribution in [0.25, 0.3) is 0 Å². The average Bonchev–Trinajstić information content (AvgIpc) is 2.35. The molecular weight excluding hydrogens is 244 g/mol. The molecular formula is C13H20N4O2. The van der Waals surface area contributed by atoms with Gasteiger partial charge in [0.2, 0.25) is 11.9 Å². The first kappa shape index (κ1) is 13.7. The summed E-state index contributed by atoms with van der Waals surface area (Å²) in [5, 5.41) is 10.1. The minimum atomic E-state index is -0.725. The maximum absolute atomic E-state index is 12.0. The summed E-state index contributed by atoms with van der Waals surface area (Å²) < 4.78 is 0. The number of β-amino-alcohol motifs (C(OH)–C–C–N with tert-alkyl or cyclic N) is 1. The van der Waals surface area contributed by atoms with Gasteiger partial charge >= 0.3 is 0 Å². The smallest absolute Gasteiger partial charge is 0.242 e. The molecule has 1 fully saturated rings. The lowest BCUT2D eigenvalue weighted by Crippen LogP contribution is -2.67. The van der Waals surface area contributed by atoms with E-state index >= 15 is 0 Å². The number of likely N-dealkylation sites (tertiary alicyclic amines) is 1. The second kappa shape index (κ2) is 5.13. The highest BCUT2D eigenvalue weighted by Crippen LogP contribution is 2.28. The van der Waals surface area contributed by atoms with Crippen molar-refractivity contribution < 1.29 is 9.90 Å². The van der Waals surface area contributed by atoms with Crippen LogP contribution in [0.2, 0.25) is 0 Å². The molecule has 0 bridgehead atoms. The van der Waals surface area contributed by atoms with Gasteiger partial charge in [0, 0.05) is 19.4 Å². The number of hydrogen-bond acceptors (Lipinski definition) is 5. The second-order valence-electron chi connectivity index (χ2n) is 5.41. The average molecular weight is 264 g/mol. The van der Waals surface area contributed by atoms with Crippen LogP contribution >= 0.6 is 0 Å². The van der Waals surface area contributed by atoms with Gasteiger partial charge in [-0.15, -0.1) is 0 Å². The molecule has 1 aromatic heterocycles. The van der Waals surface area contributed by atoms with Gasteiger partial charge in [0.25, 0.3) is 0 Å². The lowest BCUT2D eigenvalue weighted by molar-refractivity contribution is -0.162. The van der Waals surface area contributed by atoms with Crippen LogP contribution in [0.3, 0.4) is 0 Å². The van der Waals surface area contributed by atoms with Crippen LogP contribution in [0.4, 0.5) is 5.95 Å². The molecule has 0 radical (unpaired) electrons. The van der Waals surface area contributed by atoms with E-state index in [0.29, 0.717) is 19.0 Å². The van der Waals surface area contributed by atoms with Crippen LogP contribution in [0.1, 0.15) is 13.8 Å². The van der Waals surface area contributed by atoms with E-state index in [-0.39, 0.29) is 18.4 Å². The molecule has 2 rings (SSSR count). The molecule has 6 nitrogen and oxygen atoms in total.